The van der Waals surface area contributed by atoms with Crippen LogP contribution in [0.2, 0.25) is 0 Å². The Bertz CT molecular complexity index is 426. The van der Waals surface area contributed by atoms with Crippen LogP contribution in [-0.4, -0.2) is 31.9 Å². The molecule has 1 aromatic heterocycles. The number of halogens is 1. The number of aryl methyl sites for hydroxylation is 1. The van der Waals surface area contributed by atoms with E-state index in [4.69, 9.17) is 11.5 Å². The molecule has 7 heteroatoms. The Morgan fingerprint density at radius 3 is 3.06 bits per heavy atom. The quantitative estimate of drug-likeness (QED) is 0.763. The van der Waals surface area contributed by atoms with Crippen LogP contribution in [0, 0.1) is 0 Å². The van der Waals surface area contributed by atoms with Crippen molar-refractivity contribution in [1.82, 2.24) is 20.2 Å². The van der Waals surface area contributed by atoms with Crippen molar-refractivity contribution in [2.24, 2.45) is 11.5 Å². The molecule has 0 amide bonds. The van der Waals surface area contributed by atoms with Crippen molar-refractivity contribution in [2.45, 2.75) is 31.1 Å². The fourth-order valence-electron chi connectivity index (χ4n) is 1.83. The molecule has 1 aliphatic rings. The number of hydrogen-bond donors (Lipinski definition) is 2. The molecule has 1 heterocycles. The van der Waals surface area contributed by atoms with E-state index in [0.717, 1.165) is 0 Å². The van der Waals surface area contributed by atoms with Gasteiger partial charge in [0.1, 0.15) is 12.0 Å². The maximum Gasteiger partial charge on any atom is 0.150 e. The van der Waals surface area contributed by atoms with Crippen LogP contribution in [0.1, 0.15) is 12.8 Å². The summed E-state index contributed by atoms with van der Waals surface area (Å²) in [5.41, 5.74) is 10.1. The first-order valence-corrected chi connectivity index (χ1v) is 5.42. The smallest absolute Gasteiger partial charge is 0.150 e. The summed E-state index contributed by atoms with van der Waals surface area (Å²) < 4.78 is 16.0. The Morgan fingerprint density at radius 1 is 1.53 bits per heavy atom. The summed E-state index contributed by atoms with van der Waals surface area (Å²) in [6.07, 6.45) is 6.98. The van der Waals surface area contributed by atoms with Crippen LogP contribution in [0.5, 0.6) is 0 Å². The molecule has 17 heavy (non-hydrogen) atoms. The molecule has 2 atom stereocenters. The molecule has 1 aliphatic carbocycles. The van der Waals surface area contributed by atoms with Gasteiger partial charge in [-0.1, -0.05) is 6.08 Å². The third-order valence-corrected chi connectivity index (χ3v) is 2.80. The lowest BCUT2D eigenvalue weighted by molar-refractivity contribution is 0.182. The van der Waals surface area contributed by atoms with Crippen LogP contribution in [0.15, 0.2) is 30.3 Å². The highest BCUT2D eigenvalue weighted by Gasteiger charge is 2.34. The summed E-state index contributed by atoms with van der Waals surface area (Å²) in [5, 5.41) is 10.7. The topological polar surface area (TPSA) is 95.6 Å². The van der Waals surface area contributed by atoms with E-state index in [9.17, 15) is 4.39 Å². The number of alkyl halides is 1. The van der Waals surface area contributed by atoms with E-state index in [2.05, 4.69) is 15.5 Å². The van der Waals surface area contributed by atoms with Crippen LogP contribution < -0.4 is 11.5 Å². The van der Waals surface area contributed by atoms with Gasteiger partial charge in [-0.15, -0.1) is 5.10 Å². The Morgan fingerprint density at radius 2 is 2.35 bits per heavy atom. The number of hydrogen-bond acceptors (Lipinski definition) is 5. The summed E-state index contributed by atoms with van der Waals surface area (Å²) in [7, 11) is 0. The van der Waals surface area contributed by atoms with E-state index in [0.29, 0.717) is 25.1 Å². The van der Waals surface area contributed by atoms with Gasteiger partial charge in [-0.3, -0.25) is 0 Å². The second-order valence-corrected chi connectivity index (χ2v) is 4.13. The average molecular weight is 238 g/mol. The highest BCUT2D eigenvalue weighted by Crippen LogP contribution is 2.28. The number of rotatable bonds is 4. The molecule has 0 spiro atoms. The fourth-order valence-corrected chi connectivity index (χ4v) is 1.83. The van der Waals surface area contributed by atoms with Crippen LogP contribution >= 0.6 is 0 Å². The molecule has 0 saturated heterocycles. The zero-order valence-corrected chi connectivity index (χ0v) is 9.33. The maximum atomic E-state index is 14.5. The van der Waals surface area contributed by atoms with Crippen molar-refractivity contribution in [2.75, 3.05) is 0 Å². The lowest BCUT2D eigenvalue weighted by Gasteiger charge is -2.29. The van der Waals surface area contributed by atoms with Gasteiger partial charge in [0.15, 0.2) is 0 Å². The first kappa shape index (κ1) is 11.7. The van der Waals surface area contributed by atoms with Crippen molar-refractivity contribution in [3.8, 4) is 0 Å². The van der Waals surface area contributed by atoms with E-state index in [1.807, 2.05) is 0 Å². The molecule has 92 valence electrons. The highest BCUT2D eigenvalue weighted by atomic mass is 19.1. The van der Waals surface area contributed by atoms with Crippen molar-refractivity contribution in [3.05, 3.63) is 30.3 Å². The molecule has 0 saturated carbocycles. The standard InChI is InChI=1S/C10H15FN6/c11-10(6-8(12)2-3-9(10)13)4-1-5-17-7-14-15-16-17/h2-3,6-7,9H,1,4-5,12-13H2. The molecule has 2 rings (SSSR count). The van der Waals surface area contributed by atoms with E-state index in [1.165, 1.54) is 12.4 Å². The maximum absolute atomic E-state index is 14.5. The normalized spacial score (nSPS) is 28.1. The Hall–Kier alpha value is -1.76. The lowest BCUT2D eigenvalue weighted by Crippen LogP contribution is -2.43. The molecule has 0 aliphatic heterocycles. The molecule has 1 aromatic rings. The minimum absolute atomic E-state index is 0.291. The zero-order valence-electron chi connectivity index (χ0n) is 9.33. The van der Waals surface area contributed by atoms with Crippen LogP contribution in [0.25, 0.3) is 0 Å². The monoisotopic (exact) mass is 238 g/mol. The summed E-state index contributed by atoms with van der Waals surface area (Å²) in [6, 6.07) is -0.649. The number of aromatic nitrogens is 4. The van der Waals surface area contributed by atoms with Crippen molar-refractivity contribution in [1.29, 1.82) is 0 Å². The minimum Gasteiger partial charge on any atom is -0.399 e. The molecule has 0 fully saturated rings. The average Bonchev–Trinajstić information content (AvgIpc) is 2.77. The van der Waals surface area contributed by atoms with Crippen LogP contribution in [-0.2, 0) is 6.54 Å². The number of allylic oxidation sites excluding steroid dienone is 1. The lowest BCUT2D eigenvalue weighted by atomic mass is 9.87. The van der Waals surface area contributed by atoms with Gasteiger partial charge in [-0.25, -0.2) is 9.07 Å². The minimum atomic E-state index is -1.58. The Kier molecular flexibility index (Phi) is 3.19. The van der Waals surface area contributed by atoms with Crippen molar-refractivity contribution in [3.63, 3.8) is 0 Å². The predicted octanol–water partition coefficient (Wildman–Crippen LogP) is -0.0987. The Balaban J connectivity index is 1.91. The van der Waals surface area contributed by atoms with E-state index in [1.54, 1.807) is 16.8 Å². The molecule has 0 bridgehead atoms. The molecule has 4 N–H and O–H groups in total. The van der Waals surface area contributed by atoms with Gasteiger partial charge < -0.3 is 11.5 Å². The number of tetrazole rings is 1. The van der Waals surface area contributed by atoms with Crippen LogP contribution in [0.3, 0.4) is 0 Å². The summed E-state index contributed by atoms with van der Waals surface area (Å²) in [4.78, 5) is 0. The van der Waals surface area contributed by atoms with Gasteiger partial charge in [-0.05, 0) is 35.4 Å². The van der Waals surface area contributed by atoms with Gasteiger partial charge >= 0.3 is 0 Å². The molecule has 0 radical (unpaired) electrons. The van der Waals surface area contributed by atoms with Crippen LogP contribution in [0.4, 0.5) is 4.39 Å². The molecular weight excluding hydrogens is 223 g/mol. The first-order valence-electron chi connectivity index (χ1n) is 5.42. The molecular formula is C10H15FN6. The van der Waals surface area contributed by atoms with Gasteiger partial charge in [0.2, 0.25) is 0 Å². The summed E-state index contributed by atoms with van der Waals surface area (Å²) in [6.45, 7) is 0.558. The Labute approximate surface area is 98.2 Å². The molecule has 2 unspecified atom stereocenters. The number of nitrogens with two attached hydrogens (primary N) is 2. The summed E-state index contributed by atoms with van der Waals surface area (Å²) in [5.74, 6) is 0. The zero-order chi connectivity index (χ0) is 12.3. The van der Waals surface area contributed by atoms with Gasteiger partial charge in [0.05, 0.1) is 6.04 Å². The van der Waals surface area contributed by atoms with Gasteiger partial charge in [0.25, 0.3) is 0 Å². The predicted molar refractivity (Wildman–Crippen MR) is 60.3 cm³/mol. The second kappa shape index (κ2) is 4.62. The van der Waals surface area contributed by atoms with Gasteiger partial charge in [0, 0.05) is 12.2 Å². The van der Waals surface area contributed by atoms with Crippen molar-refractivity contribution >= 4 is 0 Å². The van der Waals surface area contributed by atoms with Gasteiger partial charge in [-0.2, -0.15) is 0 Å². The summed E-state index contributed by atoms with van der Waals surface area (Å²) >= 11 is 0. The SMILES string of the molecule is NC1=CC(F)(CCCn2cnnn2)C(N)C=C1. The third-order valence-electron chi connectivity index (χ3n) is 2.80. The van der Waals surface area contributed by atoms with E-state index < -0.39 is 11.7 Å². The van der Waals surface area contributed by atoms with E-state index in [-0.39, 0.29) is 0 Å². The molecule has 0 aromatic carbocycles. The number of nitrogens with zero attached hydrogens (tertiary/aromatic N) is 4. The highest BCUT2D eigenvalue weighted by molar-refractivity contribution is 5.30. The fraction of sp³-hybridized carbons (Fsp3) is 0.500. The second-order valence-electron chi connectivity index (χ2n) is 4.13. The molecule has 6 nitrogen and oxygen atoms in total. The third kappa shape index (κ3) is 2.68. The largest absolute Gasteiger partial charge is 0.399 e. The van der Waals surface area contributed by atoms with E-state index >= 15 is 0 Å². The first-order chi connectivity index (χ1) is 8.10. The van der Waals surface area contributed by atoms with Crippen molar-refractivity contribution < 1.29 is 4.39 Å².